The number of ether oxygens (including phenoxy) is 1. The van der Waals surface area contributed by atoms with E-state index in [4.69, 9.17) is 11.6 Å². The van der Waals surface area contributed by atoms with E-state index in [1.165, 1.54) is 0 Å². The SMILES string of the molecule is COC(=O)CC(=O)C(F)Cl. The van der Waals surface area contributed by atoms with Crippen LogP contribution in [0.4, 0.5) is 4.39 Å². The third kappa shape index (κ3) is 3.40. The highest BCUT2D eigenvalue weighted by Gasteiger charge is 2.17. The molecule has 0 aromatic carbocycles. The van der Waals surface area contributed by atoms with Crippen molar-refractivity contribution < 1.29 is 18.7 Å². The third-order valence-electron chi connectivity index (χ3n) is 0.790. The van der Waals surface area contributed by atoms with Crippen molar-refractivity contribution in [3.05, 3.63) is 0 Å². The molecule has 0 fully saturated rings. The average molecular weight is 169 g/mol. The Hall–Kier alpha value is -0.640. The molecule has 0 bridgehead atoms. The maximum Gasteiger partial charge on any atom is 0.313 e. The van der Waals surface area contributed by atoms with E-state index in [2.05, 4.69) is 4.74 Å². The summed E-state index contributed by atoms with van der Waals surface area (Å²) in [6.45, 7) is 0. The van der Waals surface area contributed by atoms with Crippen molar-refractivity contribution in [3.63, 3.8) is 0 Å². The molecule has 58 valence electrons. The normalized spacial score (nSPS) is 12.3. The van der Waals surface area contributed by atoms with Gasteiger partial charge < -0.3 is 4.74 Å². The predicted molar refractivity (Wildman–Crippen MR) is 32.4 cm³/mol. The topological polar surface area (TPSA) is 43.4 Å². The molecule has 5 heteroatoms. The molecule has 0 rings (SSSR count). The van der Waals surface area contributed by atoms with Crippen LogP contribution in [0.2, 0.25) is 0 Å². The minimum atomic E-state index is -2.11. The van der Waals surface area contributed by atoms with Crippen LogP contribution < -0.4 is 0 Å². The summed E-state index contributed by atoms with van der Waals surface area (Å²) in [6.07, 6.45) is -0.610. The van der Waals surface area contributed by atoms with Gasteiger partial charge in [0.1, 0.15) is 6.42 Å². The van der Waals surface area contributed by atoms with Gasteiger partial charge in [0.2, 0.25) is 5.63 Å². The maximum atomic E-state index is 11.8. The fraction of sp³-hybridized carbons (Fsp3) is 0.600. The quantitative estimate of drug-likeness (QED) is 0.353. The summed E-state index contributed by atoms with van der Waals surface area (Å²) >= 11 is 4.71. The van der Waals surface area contributed by atoms with Crippen LogP contribution in [0.3, 0.4) is 0 Å². The summed E-state index contributed by atoms with van der Waals surface area (Å²) in [5.41, 5.74) is -2.11. The fourth-order valence-electron chi connectivity index (χ4n) is 0.292. The van der Waals surface area contributed by atoms with Crippen molar-refractivity contribution in [2.75, 3.05) is 7.11 Å². The van der Waals surface area contributed by atoms with Gasteiger partial charge in [-0.1, -0.05) is 11.6 Å². The van der Waals surface area contributed by atoms with Crippen molar-refractivity contribution in [3.8, 4) is 0 Å². The van der Waals surface area contributed by atoms with Crippen LogP contribution in [-0.4, -0.2) is 24.5 Å². The number of ketones is 1. The number of carbonyl (C=O) groups is 2. The van der Waals surface area contributed by atoms with Crippen LogP contribution in [-0.2, 0) is 14.3 Å². The first kappa shape index (κ1) is 9.36. The standard InChI is InChI=1S/C5H6ClFO3/c1-10-4(9)2-3(8)5(6)7/h5H,2H2,1H3. The zero-order valence-electron chi connectivity index (χ0n) is 5.27. The third-order valence-corrected chi connectivity index (χ3v) is 1.03. The van der Waals surface area contributed by atoms with Crippen LogP contribution in [0.25, 0.3) is 0 Å². The number of alkyl halides is 2. The Balaban J connectivity index is 3.69. The molecular formula is C5H6ClFO3. The zero-order chi connectivity index (χ0) is 8.15. The number of halogens is 2. The van der Waals surface area contributed by atoms with Gasteiger partial charge in [-0.25, -0.2) is 4.39 Å². The first-order valence-electron chi connectivity index (χ1n) is 2.45. The van der Waals surface area contributed by atoms with Gasteiger partial charge in [0.05, 0.1) is 7.11 Å². The van der Waals surface area contributed by atoms with Crippen LogP contribution in [0, 0.1) is 0 Å². The molecule has 1 atom stereocenters. The smallest absolute Gasteiger partial charge is 0.313 e. The molecule has 0 aromatic rings. The highest BCUT2D eigenvalue weighted by atomic mass is 35.5. The van der Waals surface area contributed by atoms with Gasteiger partial charge in [0.25, 0.3) is 0 Å². The van der Waals surface area contributed by atoms with Crippen LogP contribution >= 0.6 is 11.6 Å². The summed E-state index contributed by atoms with van der Waals surface area (Å²) in [5, 5.41) is 0. The maximum absolute atomic E-state index is 11.8. The molecule has 0 saturated carbocycles. The van der Waals surface area contributed by atoms with Gasteiger partial charge in [-0.15, -0.1) is 0 Å². The molecule has 0 aromatic heterocycles. The lowest BCUT2D eigenvalue weighted by atomic mass is 10.3. The Morgan fingerprint density at radius 2 is 2.20 bits per heavy atom. The molecule has 0 N–H and O–H groups in total. The minimum Gasteiger partial charge on any atom is -0.469 e. The number of methoxy groups -OCH3 is 1. The first-order valence-corrected chi connectivity index (χ1v) is 2.89. The minimum absolute atomic E-state index is 0.610. The summed E-state index contributed by atoms with van der Waals surface area (Å²) in [7, 11) is 1.11. The van der Waals surface area contributed by atoms with Gasteiger partial charge in [-0.05, 0) is 0 Å². The molecule has 0 aliphatic heterocycles. The highest BCUT2D eigenvalue weighted by molar-refractivity contribution is 6.31. The van der Waals surface area contributed by atoms with Crippen LogP contribution in [0.15, 0.2) is 0 Å². The molecule has 0 aliphatic carbocycles. The second kappa shape index (κ2) is 4.22. The van der Waals surface area contributed by atoms with E-state index in [9.17, 15) is 14.0 Å². The summed E-state index contributed by atoms with van der Waals surface area (Å²) in [6, 6.07) is 0. The van der Waals surface area contributed by atoms with E-state index < -0.39 is 23.8 Å². The molecule has 3 nitrogen and oxygen atoms in total. The molecule has 1 unspecified atom stereocenters. The fourth-order valence-corrected chi connectivity index (χ4v) is 0.369. The second-order valence-electron chi connectivity index (χ2n) is 1.52. The van der Waals surface area contributed by atoms with Gasteiger partial charge in [0.15, 0.2) is 5.78 Å². The van der Waals surface area contributed by atoms with Crippen LogP contribution in [0.5, 0.6) is 0 Å². The zero-order valence-corrected chi connectivity index (χ0v) is 6.02. The summed E-state index contributed by atoms with van der Waals surface area (Å²) in [5.74, 6) is -1.76. The molecular weight excluding hydrogens is 163 g/mol. The average Bonchev–Trinajstić information content (AvgIpc) is 1.87. The van der Waals surface area contributed by atoms with Crippen molar-refractivity contribution in [1.82, 2.24) is 0 Å². The van der Waals surface area contributed by atoms with E-state index in [0.717, 1.165) is 7.11 Å². The number of esters is 1. The van der Waals surface area contributed by atoms with Gasteiger partial charge in [-0.2, -0.15) is 0 Å². The molecule has 0 radical (unpaired) electrons. The van der Waals surface area contributed by atoms with E-state index >= 15 is 0 Å². The molecule has 0 saturated heterocycles. The van der Waals surface area contributed by atoms with Crippen LogP contribution in [0.1, 0.15) is 6.42 Å². The largest absolute Gasteiger partial charge is 0.469 e. The Morgan fingerprint density at radius 3 is 2.50 bits per heavy atom. The van der Waals surface area contributed by atoms with E-state index in [0.29, 0.717) is 0 Å². The van der Waals surface area contributed by atoms with Crippen molar-refractivity contribution in [2.45, 2.75) is 12.1 Å². The Bertz CT molecular complexity index is 146. The second-order valence-corrected chi connectivity index (χ2v) is 1.90. The number of Topliss-reactive ketones (excluding diaryl/α,β-unsaturated/α-hetero) is 1. The highest BCUT2D eigenvalue weighted by Crippen LogP contribution is 2.02. The van der Waals surface area contributed by atoms with E-state index in [1.807, 2.05) is 0 Å². The van der Waals surface area contributed by atoms with Gasteiger partial charge in [0, 0.05) is 0 Å². The molecule has 0 heterocycles. The lowest BCUT2D eigenvalue weighted by Gasteiger charge is -1.96. The van der Waals surface area contributed by atoms with Crippen molar-refractivity contribution >= 4 is 23.4 Å². The van der Waals surface area contributed by atoms with Crippen molar-refractivity contribution in [1.29, 1.82) is 0 Å². The van der Waals surface area contributed by atoms with Crippen molar-refractivity contribution in [2.24, 2.45) is 0 Å². The van der Waals surface area contributed by atoms with Gasteiger partial charge in [-0.3, -0.25) is 9.59 Å². The Labute approximate surface area is 62.1 Å². The molecule has 10 heavy (non-hydrogen) atoms. The monoisotopic (exact) mass is 168 g/mol. The lowest BCUT2D eigenvalue weighted by molar-refractivity contribution is -0.143. The molecule has 0 amide bonds. The summed E-state index contributed by atoms with van der Waals surface area (Å²) < 4.78 is 15.9. The molecule has 0 spiro atoms. The number of hydrogen-bond donors (Lipinski definition) is 0. The Kier molecular flexibility index (Phi) is 3.95. The number of carbonyl (C=O) groups excluding carboxylic acids is 2. The summed E-state index contributed by atoms with van der Waals surface area (Å²) in [4.78, 5) is 20.6. The van der Waals surface area contributed by atoms with E-state index in [-0.39, 0.29) is 0 Å². The molecule has 0 aliphatic rings. The van der Waals surface area contributed by atoms with E-state index in [1.54, 1.807) is 0 Å². The predicted octanol–water partition coefficient (Wildman–Crippen LogP) is 0.653. The number of rotatable bonds is 3. The first-order chi connectivity index (χ1) is 4.57. The Morgan fingerprint density at radius 1 is 1.70 bits per heavy atom. The lowest BCUT2D eigenvalue weighted by Crippen LogP contribution is -2.15. The van der Waals surface area contributed by atoms with Gasteiger partial charge >= 0.3 is 5.97 Å². The number of hydrogen-bond acceptors (Lipinski definition) is 3.